The number of carbonyl (C=O) groups is 3. The lowest BCUT2D eigenvalue weighted by atomic mass is 9.99. The lowest BCUT2D eigenvalue weighted by Gasteiger charge is -2.42. The van der Waals surface area contributed by atoms with Crippen LogP contribution >= 0.6 is 28.6 Å². The number of ether oxygens (including phenoxy) is 1. The minimum atomic E-state index is -4.76. The van der Waals surface area contributed by atoms with Crippen molar-refractivity contribution < 1.29 is 32.3 Å². The van der Waals surface area contributed by atoms with Gasteiger partial charge in [0.15, 0.2) is 6.10 Å². The Bertz CT molecular complexity index is 1560. The van der Waals surface area contributed by atoms with Crippen LogP contribution in [0.5, 0.6) is 0 Å². The second-order valence-electron chi connectivity index (χ2n) is 13.8. The first-order chi connectivity index (χ1) is 23.9. The maximum absolute atomic E-state index is 14.0. The molecule has 0 aromatic heterocycles. The number of carbonyl (C=O) groups excluding carboxylic acids is 3. The zero-order chi connectivity index (χ0) is 35.6. The van der Waals surface area contributed by atoms with Gasteiger partial charge in [0.1, 0.15) is 0 Å². The quantitative estimate of drug-likeness (QED) is 0.379. The molecule has 0 aliphatic carbocycles. The summed E-state index contributed by atoms with van der Waals surface area (Å²) >= 11 is 6.11. The maximum atomic E-state index is 14.0. The zero-order valence-electron chi connectivity index (χ0n) is 28.7. The highest BCUT2D eigenvalue weighted by Crippen LogP contribution is 2.38. The van der Waals surface area contributed by atoms with E-state index in [1.165, 1.54) is 11.0 Å². The number of fused-ring (bicyclic) bond motifs is 1. The van der Waals surface area contributed by atoms with Crippen LogP contribution in [0.15, 0.2) is 36.4 Å². The highest BCUT2D eigenvalue weighted by atomic mass is 79.9. The number of para-hydroxylation sites is 1. The van der Waals surface area contributed by atoms with Gasteiger partial charge in [-0.3, -0.25) is 9.69 Å². The molecule has 0 radical (unpaired) electrons. The lowest BCUT2D eigenvalue weighted by molar-refractivity contribution is -0.142. The van der Waals surface area contributed by atoms with Crippen molar-refractivity contribution in [1.29, 1.82) is 0 Å². The van der Waals surface area contributed by atoms with Crippen LogP contribution in [0, 0.1) is 0 Å². The highest BCUT2D eigenvalue weighted by molar-refractivity contribution is 8.93. The van der Waals surface area contributed by atoms with Crippen LogP contribution in [0.25, 0.3) is 0 Å². The van der Waals surface area contributed by atoms with Crippen LogP contribution in [0.4, 0.5) is 34.1 Å². The van der Waals surface area contributed by atoms with Crippen molar-refractivity contribution >= 4 is 58.0 Å². The first kappa shape index (κ1) is 38.9. The van der Waals surface area contributed by atoms with E-state index in [2.05, 4.69) is 22.2 Å². The number of halogens is 5. The predicted molar refractivity (Wildman–Crippen MR) is 194 cm³/mol. The number of piperidine rings is 2. The van der Waals surface area contributed by atoms with Crippen LogP contribution in [0.2, 0.25) is 5.02 Å². The monoisotopic (exact) mass is 799 g/mol. The summed E-state index contributed by atoms with van der Waals surface area (Å²) in [5, 5.41) is 2.70. The van der Waals surface area contributed by atoms with E-state index in [1.807, 2.05) is 29.2 Å². The normalized spacial score (nSPS) is 20.6. The fourth-order valence-corrected chi connectivity index (χ4v) is 7.80. The number of likely N-dealkylation sites (N-methyl/N-ethyl adjacent to an activating group) is 1. The summed E-state index contributed by atoms with van der Waals surface area (Å²) in [7, 11) is 2.10. The van der Waals surface area contributed by atoms with Crippen LogP contribution in [0.3, 0.4) is 0 Å². The molecule has 6 rings (SSSR count). The molecule has 2 aromatic carbocycles. The third-order valence-corrected chi connectivity index (χ3v) is 10.9. The Morgan fingerprint density at radius 3 is 2.24 bits per heavy atom. The highest BCUT2D eigenvalue weighted by Gasteiger charge is 2.38. The molecule has 3 N–H and O–H groups in total. The Labute approximate surface area is 311 Å². The number of piperazine rings is 1. The van der Waals surface area contributed by atoms with Crippen molar-refractivity contribution in [2.75, 3.05) is 77.0 Å². The number of hydrogen-bond donors (Lipinski definition) is 2. The topological polar surface area (TPSA) is 115 Å². The fourth-order valence-electron chi connectivity index (χ4n) is 7.56. The Hall–Kier alpha value is -3.27. The van der Waals surface area contributed by atoms with Gasteiger partial charge in [0.2, 0.25) is 0 Å². The summed E-state index contributed by atoms with van der Waals surface area (Å²) in [6.45, 7) is 5.93. The number of alkyl halides is 3. The van der Waals surface area contributed by atoms with E-state index in [4.69, 9.17) is 22.1 Å². The summed E-state index contributed by atoms with van der Waals surface area (Å²) < 4.78 is 47.3. The molecule has 2 aromatic rings. The number of nitrogens with two attached hydrogens (primary N) is 1. The molecular weight excluding hydrogens is 755 g/mol. The molecule has 3 saturated heterocycles. The van der Waals surface area contributed by atoms with E-state index in [1.54, 1.807) is 4.90 Å². The average molecular weight is 801 g/mol. The second-order valence-corrected chi connectivity index (χ2v) is 14.2. The van der Waals surface area contributed by atoms with Crippen LogP contribution in [-0.2, 0) is 28.5 Å². The summed E-state index contributed by atoms with van der Waals surface area (Å²) in [4.78, 5) is 50.3. The number of hydrogen-bond acceptors (Lipinski definition) is 7. The molecule has 4 aliphatic heterocycles. The van der Waals surface area contributed by atoms with Crippen LogP contribution < -0.4 is 11.1 Å². The number of amides is 4. The van der Waals surface area contributed by atoms with Gasteiger partial charge >= 0.3 is 18.3 Å². The predicted octanol–water partition coefficient (Wildman–Crippen LogP) is 5.36. The number of urea groups is 1. The number of nitrogens with zero attached hydrogens (tertiary/aromatic N) is 5. The first-order valence-electron chi connectivity index (χ1n) is 17.3. The van der Waals surface area contributed by atoms with Crippen molar-refractivity contribution in [3.63, 3.8) is 0 Å². The molecule has 51 heavy (non-hydrogen) atoms. The molecule has 0 spiro atoms. The minimum Gasteiger partial charge on any atom is -0.436 e. The van der Waals surface area contributed by atoms with Gasteiger partial charge in [0, 0.05) is 83.1 Å². The van der Waals surface area contributed by atoms with Crippen molar-refractivity contribution in [2.45, 2.75) is 62.9 Å². The van der Waals surface area contributed by atoms with Gasteiger partial charge < -0.3 is 35.4 Å². The van der Waals surface area contributed by atoms with Gasteiger partial charge in [0.25, 0.3) is 5.91 Å². The van der Waals surface area contributed by atoms with E-state index in [-0.39, 0.29) is 46.1 Å². The molecule has 16 heteroatoms. The summed E-state index contributed by atoms with van der Waals surface area (Å²) in [6, 6.07) is 9.91. The third kappa shape index (κ3) is 9.21. The minimum absolute atomic E-state index is 0. The average Bonchev–Trinajstić information content (AvgIpc) is 3.27. The lowest BCUT2D eigenvalue weighted by Crippen LogP contribution is -2.54. The van der Waals surface area contributed by atoms with Crippen molar-refractivity contribution in [3.8, 4) is 0 Å². The smallest absolute Gasteiger partial charge is 0.418 e. The van der Waals surface area contributed by atoms with E-state index in [0.717, 1.165) is 56.3 Å². The number of rotatable bonds is 6. The Morgan fingerprint density at radius 1 is 0.941 bits per heavy atom. The number of anilines is 2. The Balaban J connectivity index is 0.00000504. The van der Waals surface area contributed by atoms with Crippen molar-refractivity contribution in [1.82, 2.24) is 24.5 Å². The Morgan fingerprint density at radius 2 is 1.57 bits per heavy atom. The number of benzene rings is 2. The van der Waals surface area contributed by atoms with Crippen molar-refractivity contribution in [3.05, 3.63) is 58.1 Å². The van der Waals surface area contributed by atoms with Gasteiger partial charge in [-0.15, -0.1) is 17.0 Å². The van der Waals surface area contributed by atoms with E-state index >= 15 is 0 Å². The van der Waals surface area contributed by atoms with Gasteiger partial charge in [-0.2, -0.15) is 13.2 Å². The molecule has 11 nitrogen and oxygen atoms in total. The van der Waals surface area contributed by atoms with Crippen molar-refractivity contribution in [2.24, 2.45) is 0 Å². The molecule has 4 amide bonds. The zero-order valence-corrected chi connectivity index (χ0v) is 31.1. The standard InChI is InChI=1S/C35H45ClF3N7O4.BrH/c1-42-16-18-43(19-17-42)25-7-11-44(12-8-25)32(47)30(22-23-20-27(35(37,38)39)31(40)28(36)21-23)50-34(49)45-13-9-26(10-14-45)46-15-6-24-4-2-3-5-29(24)41-33(46)48;/h2-5,20-21,25-26,30H,6-19,22,40H2,1H3,(H,41,48);1H. The first-order valence-corrected chi connectivity index (χ1v) is 17.7. The van der Waals surface area contributed by atoms with E-state index < -0.39 is 35.5 Å². The molecule has 4 aliphatic rings. The summed E-state index contributed by atoms with van der Waals surface area (Å²) in [5.41, 5.74) is 5.90. The summed E-state index contributed by atoms with van der Waals surface area (Å²) in [5.74, 6) is -0.452. The fraction of sp³-hybridized carbons (Fsp3) is 0.571. The van der Waals surface area contributed by atoms with Crippen LogP contribution in [-0.4, -0.2) is 127 Å². The van der Waals surface area contributed by atoms with Crippen LogP contribution in [0.1, 0.15) is 42.4 Å². The molecule has 0 bridgehead atoms. The number of nitrogen functional groups attached to an aromatic ring is 1. The molecule has 280 valence electrons. The van der Waals surface area contributed by atoms with Gasteiger partial charge in [0.05, 0.1) is 16.3 Å². The Kier molecular flexibility index (Phi) is 12.7. The van der Waals surface area contributed by atoms with Gasteiger partial charge in [-0.05, 0) is 68.5 Å². The van der Waals surface area contributed by atoms with Gasteiger partial charge in [-0.1, -0.05) is 29.8 Å². The maximum Gasteiger partial charge on any atom is 0.418 e. The largest absolute Gasteiger partial charge is 0.436 e. The van der Waals surface area contributed by atoms with Gasteiger partial charge in [-0.25, -0.2) is 9.59 Å². The molecule has 4 heterocycles. The SMILES string of the molecule is Br.CN1CCN(C2CCN(C(=O)C(Cc3cc(Cl)c(N)c(C(F)(F)F)c3)OC(=O)N3CCC(N4CCc5ccccc5NC4=O)CC3)CC2)CC1. The van der Waals surface area contributed by atoms with E-state index in [9.17, 15) is 27.6 Å². The molecule has 1 atom stereocenters. The number of nitrogens with one attached hydrogen (secondary N) is 1. The number of likely N-dealkylation sites (tertiary alicyclic amines) is 2. The molecule has 3 fully saturated rings. The third-order valence-electron chi connectivity index (χ3n) is 10.6. The second kappa shape index (κ2) is 16.6. The molecule has 0 saturated carbocycles. The molecule has 1 unspecified atom stereocenters. The summed E-state index contributed by atoms with van der Waals surface area (Å²) in [6.07, 6.45) is -3.90. The van der Waals surface area contributed by atoms with E-state index in [0.29, 0.717) is 58.0 Å². The molecular formula is C35H46BrClF3N7O4.